The SMILES string of the molecule is N#C/C(=C\c1cc(Br)cc(Br)c1OCc1ccccc1)c1nc2ccccc2o1. The van der Waals surface area contributed by atoms with E-state index in [-0.39, 0.29) is 5.89 Å². The topological polar surface area (TPSA) is 59.0 Å². The fourth-order valence-electron chi connectivity index (χ4n) is 2.85. The second-order valence-electron chi connectivity index (χ2n) is 6.24. The van der Waals surface area contributed by atoms with Crippen LogP contribution in [0.4, 0.5) is 0 Å². The molecule has 4 rings (SSSR count). The van der Waals surface area contributed by atoms with Gasteiger partial charge in [0.1, 0.15) is 29.5 Å². The van der Waals surface area contributed by atoms with Gasteiger partial charge in [0.2, 0.25) is 5.89 Å². The van der Waals surface area contributed by atoms with E-state index >= 15 is 0 Å². The monoisotopic (exact) mass is 508 g/mol. The lowest BCUT2D eigenvalue weighted by atomic mass is 10.1. The van der Waals surface area contributed by atoms with Crippen LogP contribution in [0.1, 0.15) is 17.0 Å². The Morgan fingerprint density at radius 1 is 1.07 bits per heavy atom. The van der Waals surface area contributed by atoms with E-state index in [4.69, 9.17) is 9.15 Å². The summed E-state index contributed by atoms with van der Waals surface area (Å²) >= 11 is 7.06. The molecule has 4 nitrogen and oxygen atoms in total. The molecule has 0 spiro atoms. The van der Waals surface area contributed by atoms with Crippen molar-refractivity contribution in [1.29, 1.82) is 5.26 Å². The molecule has 3 aromatic carbocycles. The molecule has 0 atom stereocenters. The number of fused-ring (bicyclic) bond motifs is 1. The van der Waals surface area contributed by atoms with Crippen LogP contribution >= 0.6 is 31.9 Å². The number of hydrogen-bond donors (Lipinski definition) is 0. The van der Waals surface area contributed by atoms with E-state index in [1.54, 1.807) is 6.08 Å². The highest BCUT2D eigenvalue weighted by Crippen LogP contribution is 2.36. The van der Waals surface area contributed by atoms with Crippen LogP contribution in [0.3, 0.4) is 0 Å². The van der Waals surface area contributed by atoms with Crippen molar-refractivity contribution in [2.75, 3.05) is 0 Å². The predicted molar refractivity (Wildman–Crippen MR) is 120 cm³/mol. The summed E-state index contributed by atoms with van der Waals surface area (Å²) in [6.07, 6.45) is 1.72. The Balaban J connectivity index is 1.73. The molecule has 0 aliphatic rings. The number of ether oxygens (including phenoxy) is 1. The zero-order chi connectivity index (χ0) is 20.2. The van der Waals surface area contributed by atoms with Gasteiger partial charge in [-0.3, -0.25) is 0 Å². The molecule has 0 saturated heterocycles. The van der Waals surface area contributed by atoms with Gasteiger partial charge >= 0.3 is 0 Å². The zero-order valence-corrected chi connectivity index (χ0v) is 18.3. The van der Waals surface area contributed by atoms with Crippen molar-refractivity contribution >= 4 is 54.6 Å². The molecule has 0 unspecified atom stereocenters. The summed E-state index contributed by atoms with van der Waals surface area (Å²) in [5.74, 6) is 0.916. The molecule has 0 aliphatic carbocycles. The quantitative estimate of drug-likeness (QED) is 0.272. The maximum Gasteiger partial charge on any atom is 0.238 e. The Morgan fingerprint density at radius 3 is 2.59 bits per heavy atom. The lowest BCUT2D eigenvalue weighted by Crippen LogP contribution is -1.98. The summed E-state index contributed by atoms with van der Waals surface area (Å²) in [5, 5.41) is 9.72. The molecule has 6 heteroatoms. The Bertz CT molecular complexity index is 1210. The molecular weight excluding hydrogens is 496 g/mol. The third kappa shape index (κ3) is 4.42. The average molecular weight is 510 g/mol. The average Bonchev–Trinajstić information content (AvgIpc) is 3.16. The second-order valence-corrected chi connectivity index (χ2v) is 8.01. The fraction of sp³-hybridized carbons (Fsp3) is 0.0435. The lowest BCUT2D eigenvalue weighted by molar-refractivity contribution is 0.303. The van der Waals surface area contributed by atoms with Gasteiger partial charge in [0.25, 0.3) is 0 Å². The summed E-state index contributed by atoms with van der Waals surface area (Å²) in [6, 6.07) is 23.3. The smallest absolute Gasteiger partial charge is 0.238 e. The Labute approximate surface area is 184 Å². The van der Waals surface area contributed by atoms with Crippen LogP contribution in [0.15, 0.2) is 80.1 Å². The second kappa shape index (κ2) is 8.64. The van der Waals surface area contributed by atoms with Crippen LogP contribution in [0.25, 0.3) is 22.7 Å². The van der Waals surface area contributed by atoms with Crippen molar-refractivity contribution in [2.24, 2.45) is 0 Å². The summed E-state index contributed by atoms with van der Waals surface area (Å²) < 4.78 is 13.5. The van der Waals surface area contributed by atoms with Crippen molar-refractivity contribution in [2.45, 2.75) is 6.61 Å². The minimum Gasteiger partial charge on any atom is -0.487 e. The molecule has 4 aromatic rings. The van der Waals surface area contributed by atoms with Gasteiger partial charge in [0, 0.05) is 10.0 Å². The molecule has 29 heavy (non-hydrogen) atoms. The molecule has 1 aromatic heterocycles. The van der Waals surface area contributed by atoms with Crippen LogP contribution in [-0.4, -0.2) is 4.98 Å². The lowest BCUT2D eigenvalue weighted by Gasteiger charge is -2.12. The van der Waals surface area contributed by atoms with Gasteiger partial charge < -0.3 is 9.15 Å². The highest BCUT2D eigenvalue weighted by atomic mass is 79.9. The van der Waals surface area contributed by atoms with Gasteiger partial charge in [-0.25, -0.2) is 4.98 Å². The molecule has 1 heterocycles. The van der Waals surface area contributed by atoms with Crippen molar-refractivity contribution in [3.05, 3.63) is 92.7 Å². The number of nitriles is 1. The van der Waals surface area contributed by atoms with Gasteiger partial charge in [-0.1, -0.05) is 58.4 Å². The van der Waals surface area contributed by atoms with E-state index < -0.39 is 0 Å². The molecular formula is C23H14Br2N2O2. The largest absolute Gasteiger partial charge is 0.487 e. The Hall–Kier alpha value is -2.88. The van der Waals surface area contributed by atoms with Crippen molar-refractivity contribution < 1.29 is 9.15 Å². The van der Waals surface area contributed by atoms with E-state index in [0.717, 1.165) is 20.1 Å². The van der Waals surface area contributed by atoms with Gasteiger partial charge in [-0.05, 0) is 51.8 Å². The number of halogens is 2. The normalized spacial score (nSPS) is 11.4. The summed E-state index contributed by atoms with van der Waals surface area (Å²) in [7, 11) is 0. The number of benzene rings is 3. The first-order chi connectivity index (χ1) is 14.1. The molecule has 0 radical (unpaired) electrons. The molecule has 0 bridgehead atoms. The Morgan fingerprint density at radius 2 is 1.83 bits per heavy atom. The van der Waals surface area contributed by atoms with Crippen molar-refractivity contribution in [3.63, 3.8) is 0 Å². The maximum atomic E-state index is 9.72. The zero-order valence-electron chi connectivity index (χ0n) is 15.1. The molecule has 0 fully saturated rings. The molecule has 0 amide bonds. The van der Waals surface area contributed by atoms with Crippen LogP contribution in [0.5, 0.6) is 5.75 Å². The third-order valence-corrected chi connectivity index (χ3v) is 5.25. The van der Waals surface area contributed by atoms with Crippen LogP contribution in [-0.2, 0) is 6.61 Å². The molecule has 0 saturated carbocycles. The number of nitrogens with zero attached hydrogens (tertiary/aromatic N) is 2. The standard InChI is InChI=1S/C23H14Br2N2O2/c24-18-11-16(22(19(25)12-18)28-14-15-6-2-1-3-7-15)10-17(13-26)23-27-20-8-4-5-9-21(20)29-23/h1-12H,14H2/b17-10+. The fourth-order valence-corrected chi connectivity index (χ4v) is 4.23. The minimum absolute atomic E-state index is 0.277. The first kappa shape index (κ1) is 19.4. The Kier molecular flexibility index (Phi) is 5.79. The van der Waals surface area contributed by atoms with E-state index in [2.05, 4.69) is 42.9 Å². The van der Waals surface area contributed by atoms with Gasteiger partial charge in [-0.2, -0.15) is 5.26 Å². The van der Waals surface area contributed by atoms with Crippen molar-refractivity contribution in [3.8, 4) is 11.8 Å². The van der Waals surface area contributed by atoms with Crippen LogP contribution < -0.4 is 4.74 Å². The van der Waals surface area contributed by atoms with Crippen LogP contribution in [0.2, 0.25) is 0 Å². The number of aromatic nitrogens is 1. The number of para-hydroxylation sites is 2. The van der Waals surface area contributed by atoms with E-state index in [1.165, 1.54) is 0 Å². The van der Waals surface area contributed by atoms with Crippen molar-refractivity contribution in [1.82, 2.24) is 4.98 Å². The number of rotatable bonds is 5. The first-order valence-corrected chi connectivity index (χ1v) is 10.4. The summed E-state index contributed by atoms with van der Waals surface area (Å²) in [6.45, 7) is 0.409. The highest BCUT2D eigenvalue weighted by molar-refractivity contribution is 9.11. The maximum absolute atomic E-state index is 9.72. The summed E-state index contributed by atoms with van der Waals surface area (Å²) in [5.41, 5.74) is 3.45. The third-order valence-electron chi connectivity index (χ3n) is 4.21. The number of allylic oxidation sites excluding steroid dienone is 1. The van der Waals surface area contributed by atoms with Gasteiger partial charge in [0.15, 0.2) is 5.58 Å². The van der Waals surface area contributed by atoms with Gasteiger partial charge in [-0.15, -0.1) is 0 Å². The number of hydrogen-bond acceptors (Lipinski definition) is 4. The van der Waals surface area contributed by atoms with E-state index in [9.17, 15) is 5.26 Å². The summed E-state index contributed by atoms with van der Waals surface area (Å²) in [4.78, 5) is 4.43. The predicted octanol–water partition coefficient (Wildman–Crippen LogP) is 7.00. The minimum atomic E-state index is 0.277. The molecule has 0 N–H and O–H groups in total. The van der Waals surface area contributed by atoms with E-state index in [0.29, 0.717) is 29.0 Å². The number of oxazole rings is 1. The first-order valence-electron chi connectivity index (χ1n) is 8.77. The van der Waals surface area contributed by atoms with Crippen LogP contribution in [0, 0.1) is 11.3 Å². The molecule has 0 aliphatic heterocycles. The molecule has 142 valence electrons. The highest BCUT2D eigenvalue weighted by Gasteiger charge is 2.14. The van der Waals surface area contributed by atoms with E-state index in [1.807, 2.05) is 66.7 Å². The van der Waals surface area contributed by atoms with Gasteiger partial charge in [0.05, 0.1) is 4.47 Å².